The summed E-state index contributed by atoms with van der Waals surface area (Å²) in [4.78, 5) is 0. The Morgan fingerprint density at radius 1 is 1.40 bits per heavy atom. The van der Waals surface area contributed by atoms with Crippen molar-refractivity contribution in [2.24, 2.45) is 5.73 Å². The molecule has 0 spiro atoms. The third-order valence-corrected chi connectivity index (χ3v) is 1.82. The minimum Gasteiger partial charge on any atom is -0.488 e. The summed E-state index contributed by atoms with van der Waals surface area (Å²) in [6, 6.07) is 0. The molecule has 0 bridgehead atoms. The van der Waals surface area contributed by atoms with E-state index in [4.69, 9.17) is 15.2 Å². The van der Waals surface area contributed by atoms with Crippen molar-refractivity contribution in [3.63, 3.8) is 0 Å². The van der Waals surface area contributed by atoms with Crippen molar-refractivity contribution in [1.82, 2.24) is 9.78 Å². The van der Waals surface area contributed by atoms with Crippen LogP contribution in [0.3, 0.4) is 0 Å². The first-order chi connectivity index (χ1) is 7.36. The fourth-order valence-electron chi connectivity index (χ4n) is 1.17. The zero-order chi connectivity index (χ0) is 10.9. The van der Waals surface area contributed by atoms with E-state index in [0.717, 1.165) is 18.7 Å². The fourth-order valence-corrected chi connectivity index (χ4v) is 1.17. The van der Waals surface area contributed by atoms with Gasteiger partial charge in [0.1, 0.15) is 6.61 Å². The number of nitrogens with zero attached hydrogens (tertiary/aromatic N) is 2. The summed E-state index contributed by atoms with van der Waals surface area (Å²) in [6.07, 6.45) is 4.69. The van der Waals surface area contributed by atoms with E-state index in [9.17, 15) is 0 Å². The number of ether oxygens (including phenoxy) is 2. The zero-order valence-electron chi connectivity index (χ0n) is 9.19. The van der Waals surface area contributed by atoms with Gasteiger partial charge in [-0.25, -0.2) is 0 Å². The van der Waals surface area contributed by atoms with Crippen LogP contribution in [0.4, 0.5) is 0 Å². The van der Waals surface area contributed by atoms with Gasteiger partial charge in [-0.1, -0.05) is 6.92 Å². The van der Waals surface area contributed by atoms with E-state index in [2.05, 4.69) is 12.0 Å². The van der Waals surface area contributed by atoms with Gasteiger partial charge in [-0.3, -0.25) is 4.68 Å². The van der Waals surface area contributed by atoms with Crippen LogP contribution in [0, 0.1) is 0 Å². The van der Waals surface area contributed by atoms with Crippen LogP contribution in [0.5, 0.6) is 5.75 Å². The van der Waals surface area contributed by atoms with Crippen molar-refractivity contribution in [3.8, 4) is 5.75 Å². The Hall–Kier alpha value is -1.07. The molecule has 0 aromatic carbocycles. The van der Waals surface area contributed by atoms with E-state index >= 15 is 0 Å². The van der Waals surface area contributed by atoms with E-state index in [1.54, 1.807) is 6.20 Å². The van der Waals surface area contributed by atoms with Gasteiger partial charge in [-0.05, 0) is 6.42 Å². The average Bonchev–Trinajstić information content (AvgIpc) is 2.66. The van der Waals surface area contributed by atoms with Gasteiger partial charge in [0.05, 0.1) is 25.6 Å². The van der Waals surface area contributed by atoms with E-state index in [1.165, 1.54) is 0 Å². The number of aromatic nitrogens is 2. The van der Waals surface area contributed by atoms with Crippen LogP contribution < -0.4 is 10.5 Å². The van der Waals surface area contributed by atoms with Gasteiger partial charge >= 0.3 is 0 Å². The van der Waals surface area contributed by atoms with Crippen LogP contribution in [0.1, 0.15) is 13.3 Å². The minimum atomic E-state index is 0.540. The standard InChI is InChI=1S/C10H19N3O2/c1-2-4-13-9-10(8-12-13)15-7-6-14-5-3-11/h8-9H,2-7,11H2,1H3. The molecule has 0 aliphatic rings. The summed E-state index contributed by atoms with van der Waals surface area (Å²) < 4.78 is 12.5. The molecular formula is C10H19N3O2. The Bertz CT molecular complexity index is 263. The van der Waals surface area contributed by atoms with E-state index in [0.29, 0.717) is 26.4 Å². The maximum Gasteiger partial charge on any atom is 0.157 e. The Morgan fingerprint density at radius 3 is 3.00 bits per heavy atom. The molecule has 5 heteroatoms. The van der Waals surface area contributed by atoms with Gasteiger partial charge in [-0.15, -0.1) is 0 Å². The van der Waals surface area contributed by atoms with Gasteiger partial charge in [-0.2, -0.15) is 5.10 Å². The van der Waals surface area contributed by atoms with E-state index < -0.39 is 0 Å². The Kier molecular flexibility index (Phi) is 5.80. The lowest BCUT2D eigenvalue weighted by Gasteiger charge is -2.03. The highest BCUT2D eigenvalue weighted by Gasteiger charge is 1.98. The molecule has 1 aromatic heterocycles. The third kappa shape index (κ3) is 4.80. The van der Waals surface area contributed by atoms with Crippen LogP contribution in [0.15, 0.2) is 12.4 Å². The molecule has 0 aliphatic heterocycles. The number of hydrogen-bond acceptors (Lipinski definition) is 4. The number of rotatable bonds is 8. The van der Waals surface area contributed by atoms with Crippen LogP contribution in [-0.4, -0.2) is 36.1 Å². The maximum absolute atomic E-state index is 5.43. The minimum absolute atomic E-state index is 0.540. The van der Waals surface area contributed by atoms with Crippen LogP contribution in [-0.2, 0) is 11.3 Å². The smallest absolute Gasteiger partial charge is 0.157 e. The summed E-state index contributed by atoms with van der Waals surface area (Å²) >= 11 is 0. The summed E-state index contributed by atoms with van der Waals surface area (Å²) in [5, 5.41) is 4.15. The molecule has 5 nitrogen and oxygen atoms in total. The topological polar surface area (TPSA) is 62.3 Å². The number of hydrogen-bond donors (Lipinski definition) is 1. The molecule has 0 saturated heterocycles. The third-order valence-electron chi connectivity index (χ3n) is 1.82. The molecular weight excluding hydrogens is 194 g/mol. The second-order valence-electron chi connectivity index (χ2n) is 3.19. The van der Waals surface area contributed by atoms with Crippen molar-refractivity contribution in [1.29, 1.82) is 0 Å². The molecule has 1 rings (SSSR count). The number of nitrogens with two attached hydrogens (primary N) is 1. The Labute approximate surface area is 90.2 Å². The predicted octanol–water partition coefficient (Wildman–Crippen LogP) is 0.647. The van der Waals surface area contributed by atoms with Crippen molar-refractivity contribution >= 4 is 0 Å². The Morgan fingerprint density at radius 2 is 2.27 bits per heavy atom. The molecule has 0 atom stereocenters. The first kappa shape index (κ1) is 12.0. The SMILES string of the molecule is CCCn1cc(OCCOCCN)cn1. The quantitative estimate of drug-likeness (QED) is 0.644. The summed E-state index contributed by atoms with van der Waals surface area (Å²) in [5.74, 6) is 0.791. The summed E-state index contributed by atoms with van der Waals surface area (Å²) in [5.41, 5.74) is 5.28. The highest BCUT2D eigenvalue weighted by atomic mass is 16.5. The molecule has 0 saturated carbocycles. The predicted molar refractivity (Wildman–Crippen MR) is 57.9 cm³/mol. The highest BCUT2D eigenvalue weighted by Crippen LogP contribution is 2.07. The van der Waals surface area contributed by atoms with Crippen molar-refractivity contribution in [3.05, 3.63) is 12.4 Å². The first-order valence-electron chi connectivity index (χ1n) is 5.30. The Balaban J connectivity index is 2.14. The van der Waals surface area contributed by atoms with Crippen LogP contribution >= 0.6 is 0 Å². The molecule has 0 unspecified atom stereocenters. The molecule has 0 aliphatic carbocycles. The van der Waals surface area contributed by atoms with Crippen molar-refractivity contribution in [2.75, 3.05) is 26.4 Å². The summed E-state index contributed by atoms with van der Waals surface area (Å²) in [6.45, 7) is 5.27. The molecule has 15 heavy (non-hydrogen) atoms. The largest absolute Gasteiger partial charge is 0.488 e. The monoisotopic (exact) mass is 213 g/mol. The highest BCUT2D eigenvalue weighted by molar-refractivity contribution is 5.11. The molecule has 0 fully saturated rings. The lowest BCUT2D eigenvalue weighted by Crippen LogP contribution is -2.12. The van der Waals surface area contributed by atoms with Gasteiger partial charge in [0.15, 0.2) is 5.75 Å². The zero-order valence-corrected chi connectivity index (χ0v) is 9.19. The first-order valence-corrected chi connectivity index (χ1v) is 5.30. The van der Waals surface area contributed by atoms with Gasteiger partial charge < -0.3 is 15.2 Å². The van der Waals surface area contributed by atoms with Crippen molar-refractivity contribution < 1.29 is 9.47 Å². The molecule has 0 amide bonds. The normalized spacial score (nSPS) is 10.5. The molecule has 1 aromatic rings. The molecule has 1 heterocycles. The summed E-state index contributed by atoms with van der Waals surface area (Å²) in [7, 11) is 0. The van der Waals surface area contributed by atoms with Gasteiger partial charge in [0, 0.05) is 13.1 Å². The number of aryl methyl sites for hydroxylation is 1. The van der Waals surface area contributed by atoms with E-state index in [1.807, 2.05) is 10.9 Å². The van der Waals surface area contributed by atoms with Crippen LogP contribution in [0.2, 0.25) is 0 Å². The lowest BCUT2D eigenvalue weighted by molar-refractivity contribution is 0.106. The maximum atomic E-state index is 5.43. The fraction of sp³-hybridized carbons (Fsp3) is 0.700. The van der Waals surface area contributed by atoms with Gasteiger partial charge in [0.2, 0.25) is 0 Å². The van der Waals surface area contributed by atoms with Gasteiger partial charge in [0.25, 0.3) is 0 Å². The van der Waals surface area contributed by atoms with E-state index in [-0.39, 0.29) is 0 Å². The molecule has 0 radical (unpaired) electrons. The second kappa shape index (κ2) is 7.25. The second-order valence-corrected chi connectivity index (χ2v) is 3.19. The lowest BCUT2D eigenvalue weighted by atomic mass is 10.5. The van der Waals surface area contributed by atoms with Crippen molar-refractivity contribution in [2.45, 2.75) is 19.9 Å². The van der Waals surface area contributed by atoms with Crippen LogP contribution in [0.25, 0.3) is 0 Å². The average molecular weight is 213 g/mol. The molecule has 86 valence electrons. The molecule has 2 N–H and O–H groups in total.